The number of morpholine rings is 1. The number of nitrogens with zero attached hydrogens (tertiary/aromatic N) is 2. The van der Waals surface area contributed by atoms with Crippen LogP contribution in [0.2, 0.25) is 0 Å². The van der Waals surface area contributed by atoms with E-state index >= 15 is 0 Å². The van der Waals surface area contributed by atoms with Gasteiger partial charge in [0.1, 0.15) is 5.01 Å². The summed E-state index contributed by atoms with van der Waals surface area (Å²) >= 11 is 1.74. The van der Waals surface area contributed by atoms with E-state index in [1.165, 1.54) is 24.9 Å². The molecular weight excluding hydrogens is 330 g/mol. The molecule has 1 aliphatic heterocycles. The highest BCUT2D eigenvalue weighted by Crippen LogP contribution is 2.21. The fraction of sp³-hybridized carbons (Fsp3) is 0.550. The van der Waals surface area contributed by atoms with Crippen LogP contribution in [0.25, 0.3) is 11.3 Å². The van der Waals surface area contributed by atoms with E-state index in [0.717, 1.165) is 36.9 Å². The molecule has 1 N–H and O–H groups in total. The van der Waals surface area contributed by atoms with Crippen LogP contribution in [0.1, 0.15) is 31.7 Å². The molecule has 0 amide bonds. The van der Waals surface area contributed by atoms with Crippen molar-refractivity contribution in [2.24, 2.45) is 0 Å². The molecule has 136 valence electrons. The molecule has 2 heterocycles. The Morgan fingerprint density at radius 3 is 2.68 bits per heavy atom. The van der Waals surface area contributed by atoms with Crippen molar-refractivity contribution in [3.8, 4) is 11.3 Å². The largest absolute Gasteiger partial charge is 0.373 e. The van der Waals surface area contributed by atoms with Crippen LogP contribution in [0, 0.1) is 0 Å². The van der Waals surface area contributed by atoms with Gasteiger partial charge in [-0.2, -0.15) is 0 Å². The van der Waals surface area contributed by atoms with Crippen LogP contribution in [-0.2, 0) is 11.3 Å². The first-order chi connectivity index (χ1) is 12.2. The predicted molar refractivity (Wildman–Crippen MR) is 105 cm³/mol. The fourth-order valence-electron chi connectivity index (χ4n) is 3.38. The van der Waals surface area contributed by atoms with E-state index in [1.807, 2.05) is 6.07 Å². The molecule has 5 heteroatoms. The first-order valence-corrected chi connectivity index (χ1v) is 10.2. The van der Waals surface area contributed by atoms with Gasteiger partial charge < -0.3 is 10.1 Å². The van der Waals surface area contributed by atoms with E-state index in [0.29, 0.717) is 12.2 Å². The van der Waals surface area contributed by atoms with Crippen molar-refractivity contribution in [3.05, 3.63) is 40.7 Å². The van der Waals surface area contributed by atoms with Crippen LogP contribution in [0.4, 0.5) is 0 Å². The van der Waals surface area contributed by atoms with Crippen molar-refractivity contribution in [1.82, 2.24) is 15.2 Å². The Morgan fingerprint density at radius 2 is 1.92 bits per heavy atom. The Hall–Kier alpha value is -1.27. The first-order valence-electron chi connectivity index (χ1n) is 9.29. The molecular formula is C20H29N3OS. The van der Waals surface area contributed by atoms with Crippen molar-refractivity contribution >= 4 is 11.3 Å². The Balaban J connectivity index is 1.31. The number of hydrogen-bond donors (Lipinski definition) is 1. The molecule has 1 aromatic carbocycles. The second kappa shape index (κ2) is 9.43. The molecule has 1 saturated heterocycles. The molecule has 1 aromatic heterocycles. The number of hydrogen-bond acceptors (Lipinski definition) is 5. The Bertz CT molecular complexity index is 621. The minimum absolute atomic E-state index is 0.366. The minimum Gasteiger partial charge on any atom is -0.373 e. The molecule has 1 aliphatic rings. The van der Waals surface area contributed by atoms with E-state index < -0.39 is 0 Å². The van der Waals surface area contributed by atoms with Crippen LogP contribution in [-0.4, -0.2) is 48.3 Å². The van der Waals surface area contributed by atoms with Gasteiger partial charge in [-0.15, -0.1) is 11.3 Å². The van der Waals surface area contributed by atoms with Crippen molar-refractivity contribution in [2.75, 3.05) is 26.2 Å². The van der Waals surface area contributed by atoms with Gasteiger partial charge in [0.05, 0.1) is 17.9 Å². The van der Waals surface area contributed by atoms with E-state index in [2.05, 4.69) is 53.7 Å². The highest BCUT2D eigenvalue weighted by atomic mass is 32.1. The summed E-state index contributed by atoms with van der Waals surface area (Å²) in [6, 6.07) is 10.4. The van der Waals surface area contributed by atoms with Crippen molar-refractivity contribution in [1.29, 1.82) is 0 Å². The zero-order valence-corrected chi connectivity index (χ0v) is 16.1. The van der Waals surface area contributed by atoms with Crippen LogP contribution in [0.5, 0.6) is 0 Å². The second-order valence-corrected chi connectivity index (χ2v) is 7.84. The smallest absolute Gasteiger partial charge is 0.107 e. The van der Waals surface area contributed by atoms with Gasteiger partial charge >= 0.3 is 0 Å². The monoisotopic (exact) mass is 359 g/mol. The lowest BCUT2D eigenvalue weighted by atomic mass is 10.2. The summed E-state index contributed by atoms with van der Waals surface area (Å²) in [5, 5.41) is 6.83. The number of nitrogens with one attached hydrogen (secondary N) is 1. The van der Waals surface area contributed by atoms with Crippen LogP contribution in [0.15, 0.2) is 35.7 Å². The molecule has 2 unspecified atom stereocenters. The van der Waals surface area contributed by atoms with Gasteiger partial charge in [0.25, 0.3) is 0 Å². The molecule has 2 aromatic rings. The summed E-state index contributed by atoms with van der Waals surface area (Å²) in [7, 11) is 0. The summed E-state index contributed by atoms with van der Waals surface area (Å²) < 4.78 is 5.78. The Labute approximate surface area is 155 Å². The summed E-state index contributed by atoms with van der Waals surface area (Å²) in [6.07, 6.45) is 3.17. The number of unbranched alkanes of at least 4 members (excludes halogenated alkanes) is 1. The average molecular weight is 360 g/mol. The van der Waals surface area contributed by atoms with E-state index in [9.17, 15) is 0 Å². The zero-order chi connectivity index (χ0) is 17.5. The maximum absolute atomic E-state index is 5.78. The van der Waals surface area contributed by atoms with Gasteiger partial charge in [-0.05, 0) is 39.8 Å². The molecule has 2 atom stereocenters. The second-order valence-electron chi connectivity index (χ2n) is 6.89. The van der Waals surface area contributed by atoms with Crippen molar-refractivity contribution in [3.63, 3.8) is 0 Å². The standard InChI is InChI=1S/C20H29N3OS/c1-16-13-23(14-17(2)24-16)11-7-6-10-21-12-20-22-19(15-25-20)18-8-4-3-5-9-18/h3-5,8-9,15-17,21H,6-7,10-14H2,1-2H3. The third-order valence-electron chi connectivity index (χ3n) is 4.47. The quantitative estimate of drug-likeness (QED) is 0.728. The van der Waals surface area contributed by atoms with Gasteiger partial charge in [0, 0.05) is 30.6 Å². The lowest BCUT2D eigenvalue weighted by Crippen LogP contribution is -2.45. The molecule has 25 heavy (non-hydrogen) atoms. The van der Waals surface area contributed by atoms with Crippen LogP contribution < -0.4 is 5.32 Å². The molecule has 1 fully saturated rings. The number of ether oxygens (including phenoxy) is 1. The highest BCUT2D eigenvalue weighted by molar-refractivity contribution is 7.09. The Kier molecular flexibility index (Phi) is 6.99. The number of thiazole rings is 1. The van der Waals surface area contributed by atoms with E-state index in [-0.39, 0.29) is 0 Å². The third-order valence-corrected chi connectivity index (χ3v) is 5.32. The maximum atomic E-state index is 5.78. The minimum atomic E-state index is 0.366. The lowest BCUT2D eigenvalue weighted by molar-refractivity contribution is -0.0681. The summed E-state index contributed by atoms with van der Waals surface area (Å²) in [5.41, 5.74) is 2.27. The van der Waals surface area contributed by atoms with Crippen molar-refractivity contribution < 1.29 is 4.74 Å². The highest BCUT2D eigenvalue weighted by Gasteiger charge is 2.21. The molecule has 0 spiro atoms. The molecule has 4 nitrogen and oxygen atoms in total. The lowest BCUT2D eigenvalue weighted by Gasteiger charge is -2.35. The zero-order valence-electron chi connectivity index (χ0n) is 15.3. The number of rotatable bonds is 8. The molecule has 0 radical (unpaired) electrons. The van der Waals surface area contributed by atoms with Gasteiger partial charge in [0.2, 0.25) is 0 Å². The van der Waals surface area contributed by atoms with Gasteiger partial charge in [-0.1, -0.05) is 30.3 Å². The van der Waals surface area contributed by atoms with Gasteiger partial charge in [0.15, 0.2) is 0 Å². The summed E-state index contributed by atoms with van der Waals surface area (Å²) in [6.45, 7) is 9.57. The van der Waals surface area contributed by atoms with Crippen LogP contribution >= 0.6 is 11.3 Å². The Morgan fingerprint density at radius 1 is 1.16 bits per heavy atom. The molecule has 0 saturated carbocycles. The number of aromatic nitrogens is 1. The first kappa shape index (κ1) is 18.5. The summed E-state index contributed by atoms with van der Waals surface area (Å²) in [5.74, 6) is 0. The van der Waals surface area contributed by atoms with Crippen LogP contribution in [0.3, 0.4) is 0 Å². The normalized spacial score (nSPS) is 21.5. The topological polar surface area (TPSA) is 37.4 Å². The summed E-state index contributed by atoms with van der Waals surface area (Å²) in [4.78, 5) is 7.26. The van der Waals surface area contributed by atoms with E-state index in [4.69, 9.17) is 9.72 Å². The average Bonchev–Trinajstić information content (AvgIpc) is 3.07. The van der Waals surface area contributed by atoms with Gasteiger partial charge in [-0.25, -0.2) is 4.98 Å². The molecule has 0 bridgehead atoms. The predicted octanol–water partition coefficient (Wildman–Crippen LogP) is 3.79. The van der Waals surface area contributed by atoms with Crippen molar-refractivity contribution in [2.45, 2.75) is 45.4 Å². The molecule has 3 rings (SSSR count). The third kappa shape index (κ3) is 5.89. The fourth-order valence-corrected chi connectivity index (χ4v) is 4.15. The number of benzene rings is 1. The van der Waals surface area contributed by atoms with Gasteiger partial charge in [-0.3, -0.25) is 4.90 Å². The SMILES string of the molecule is CC1CN(CCCCNCc2nc(-c3ccccc3)cs2)CC(C)O1. The molecule has 0 aliphatic carbocycles. The maximum Gasteiger partial charge on any atom is 0.107 e. The van der Waals surface area contributed by atoms with E-state index in [1.54, 1.807) is 11.3 Å².